The summed E-state index contributed by atoms with van der Waals surface area (Å²) in [6, 6.07) is 21.5. The summed E-state index contributed by atoms with van der Waals surface area (Å²) in [5, 5.41) is 9.01. The van der Waals surface area contributed by atoms with Gasteiger partial charge < -0.3 is 10.0 Å². The fraction of sp³-hybridized carbons (Fsp3) is 0.455. The van der Waals surface area contributed by atoms with Crippen LogP contribution < -0.4 is 0 Å². The summed E-state index contributed by atoms with van der Waals surface area (Å²) in [5.74, 6) is 0. The number of hydrogen-bond acceptors (Lipinski definition) is 2. The van der Waals surface area contributed by atoms with Crippen molar-refractivity contribution in [1.82, 2.24) is 4.90 Å². The highest BCUT2D eigenvalue weighted by Gasteiger charge is 2.05. The Bertz CT molecular complexity index is 481. The van der Waals surface area contributed by atoms with Gasteiger partial charge in [0.25, 0.3) is 0 Å². The molecule has 2 rings (SSSR count). The smallest absolute Gasteiger partial charge is 0.0431 e. The maximum absolute atomic E-state index is 9.01. The lowest BCUT2D eigenvalue weighted by atomic mass is 10.1. The molecule has 2 aromatic carbocycles. The highest BCUT2D eigenvalue weighted by Crippen LogP contribution is 2.07. The first-order chi connectivity index (χ1) is 11.9. The van der Waals surface area contributed by atoms with Crippen LogP contribution in [-0.4, -0.2) is 36.2 Å². The lowest BCUT2D eigenvalue weighted by Gasteiger charge is -2.22. The molecule has 0 spiro atoms. The molecule has 0 fully saturated rings. The summed E-state index contributed by atoms with van der Waals surface area (Å²) in [5.41, 5.74) is 2.86. The Morgan fingerprint density at radius 2 is 1.04 bits per heavy atom. The molecule has 0 saturated heterocycles. The first-order valence-electron chi connectivity index (χ1n) is 9.29. The highest BCUT2D eigenvalue weighted by atomic mass is 16.2. The highest BCUT2D eigenvalue weighted by molar-refractivity contribution is 5.15. The van der Waals surface area contributed by atoms with Gasteiger partial charge in [-0.15, -0.1) is 0 Å². The van der Waals surface area contributed by atoms with E-state index in [4.69, 9.17) is 5.11 Å². The van der Waals surface area contributed by atoms with Crippen LogP contribution >= 0.6 is 0 Å². The van der Waals surface area contributed by atoms with Crippen LogP contribution in [0.15, 0.2) is 60.7 Å². The molecule has 0 aliphatic carbocycles. The van der Waals surface area contributed by atoms with E-state index in [1.54, 1.807) is 0 Å². The van der Waals surface area contributed by atoms with Crippen molar-refractivity contribution in [3.63, 3.8) is 0 Å². The molecule has 2 aromatic rings. The van der Waals surface area contributed by atoms with Crippen LogP contribution in [0.5, 0.6) is 0 Å². The van der Waals surface area contributed by atoms with E-state index in [0.29, 0.717) is 6.61 Å². The van der Waals surface area contributed by atoms with Crippen molar-refractivity contribution in [3.8, 4) is 0 Å². The number of nitrogens with zero attached hydrogens (tertiary/aromatic N) is 1. The fourth-order valence-corrected chi connectivity index (χ4v) is 3.09. The number of rotatable bonds is 12. The predicted octanol–water partition coefficient (Wildman–Crippen LogP) is 4.33. The van der Waals surface area contributed by atoms with E-state index in [9.17, 15) is 0 Å². The van der Waals surface area contributed by atoms with Gasteiger partial charge in [0.15, 0.2) is 0 Å². The van der Waals surface area contributed by atoms with Crippen LogP contribution in [0.1, 0.15) is 36.8 Å². The van der Waals surface area contributed by atoms with Crippen molar-refractivity contribution in [2.45, 2.75) is 38.5 Å². The van der Waals surface area contributed by atoms with Crippen molar-refractivity contribution in [2.75, 3.05) is 26.2 Å². The van der Waals surface area contributed by atoms with Gasteiger partial charge in [-0.3, -0.25) is 0 Å². The lowest BCUT2D eigenvalue weighted by Crippen LogP contribution is -2.28. The first kappa shape index (κ1) is 18.7. The van der Waals surface area contributed by atoms with E-state index in [0.717, 1.165) is 45.3 Å². The molecule has 2 heteroatoms. The lowest BCUT2D eigenvalue weighted by molar-refractivity contribution is 0.238. The van der Waals surface area contributed by atoms with Crippen LogP contribution in [0.2, 0.25) is 0 Å². The second-order valence-electron chi connectivity index (χ2n) is 6.45. The van der Waals surface area contributed by atoms with Crippen molar-refractivity contribution in [1.29, 1.82) is 0 Å². The molecule has 0 atom stereocenters. The molecule has 1 N–H and O–H groups in total. The predicted molar refractivity (Wildman–Crippen MR) is 102 cm³/mol. The quantitative estimate of drug-likeness (QED) is 0.587. The molecule has 0 aromatic heterocycles. The second-order valence-corrected chi connectivity index (χ2v) is 6.45. The normalized spacial score (nSPS) is 11.1. The Balaban J connectivity index is 1.71. The summed E-state index contributed by atoms with van der Waals surface area (Å²) in [7, 11) is 0. The van der Waals surface area contributed by atoms with Gasteiger partial charge in [-0.05, 0) is 69.3 Å². The Hall–Kier alpha value is -1.64. The Kier molecular flexibility index (Phi) is 9.21. The van der Waals surface area contributed by atoms with E-state index >= 15 is 0 Å². The largest absolute Gasteiger partial charge is 0.396 e. The second kappa shape index (κ2) is 11.8. The van der Waals surface area contributed by atoms with Crippen molar-refractivity contribution in [3.05, 3.63) is 71.8 Å². The molecule has 24 heavy (non-hydrogen) atoms. The molecule has 0 saturated carbocycles. The Morgan fingerprint density at radius 1 is 0.583 bits per heavy atom. The van der Waals surface area contributed by atoms with Gasteiger partial charge in [-0.1, -0.05) is 60.7 Å². The minimum Gasteiger partial charge on any atom is -0.396 e. The van der Waals surface area contributed by atoms with Crippen molar-refractivity contribution < 1.29 is 5.11 Å². The molecule has 0 aliphatic heterocycles. The first-order valence-corrected chi connectivity index (χ1v) is 9.29. The van der Waals surface area contributed by atoms with Gasteiger partial charge in [-0.2, -0.15) is 0 Å². The van der Waals surface area contributed by atoms with Crippen LogP contribution in [0.25, 0.3) is 0 Å². The third-order valence-electron chi connectivity index (χ3n) is 4.45. The molecule has 130 valence electrons. The third kappa shape index (κ3) is 7.76. The number of aryl methyl sites for hydroxylation is 2. The molecule has 0 unspecified atom stereocenters. The minimum absolute atomic E-state index is 0.307. The van der Waals surface area contributed by atoms with Gasteiger partial charge in [0.2, 0.25) is 0 Å². The molecule has 0 amide bonds. The Morgan fingerprint density at radius 3 is 1.50 bits per heavy atom. The average molecular weight is 325 g/mol. The zero-order chi connectivity index (χ0) is 16.9. The van der Waals surface area contributed by atoms with Gasteiger partial charge in [-0.25, -0.2) is 0 Å². The fourth-order valence-electron chi connectivity index (χ4n) is 3.09. The molecule has 0 aliphatic rings. The summed E-state index contributed by atoms with van der Waals surface area (Å²) in [6.45, 7) is 3.70. The maximum Gasteiger partial charge on any atom is 0.0431 e. The molecule has 0 bridgehead atoms. The zero-order valence-electron chi connectivity index (χ0n) is 14.7. The summed E-state index contributed by atoms with van der Waals surface area (Å²) < 4.78 is 0. The van der Waals surface area contributed by atoms with Crippen LogP contribution in [-0.2, 0) is 12.8 Å². The van der Waals surface area contributed by atoms with Crippen molar-refractivity contribution in [2.24, 2.45) is 0 Å². The van der Waals surface area contributed by atoms with Gasteiger partial charge in [0.1, 0.15) is 0 Å². The molecule has 0 heterocycles. The minimum atomic E-state index is 0.307. The molecular formula is C22H31NO. The zero-order valence-corrected chi connectivity index (χ0v) is 14.7. The summed E-state index contributed by atoms with van der Waals surface area (Å²) in [6.07, 6.45) is 6.70. The van der Waals surface area contributed by atoms with Gasteiger partial charge in [0, 0.05) is 6.61 Å². The molecule has 0 radical (unpaired) electrons. The average Bonchev–Trinajstić information content (AvgIpc) is 2.63. The molecule has 2 nitrogen and oxygen atoms in total. The van der Waals surface area contributed by atoms with Gasteiger partial charge >= 0.3 is 0 Å². The Labute approximate surface area is 147 Å². The standard InChI is InChI=1S/C22H31NO/c24-20-8-7-17-23(18-9-15-21-11-3-1-4-12-21)19-10-16-22-13-5-2-6-14-22/h1-6,11-14,24H,7-10,15-20H2. The number of benzene rings is 2. The van der Waals surface area contributed by atoms with E-state index in [1.165, 1.54) is 24.0 Å². The van der Waals surface area contributed by atoms with Crippen LogP contribution in [0, 0.1) is 0 Å². The maximum atomic E-state index is 9.01. The number of unbranched alkanes of at least 4 members (excludes halogenated alkanes) is 1. The monoisotopic (exact) mass is 325 g/mol. The topological polar surface area (TPSA) is 23.5 Å². The van der Waals surface area contributed by atoms with E-state index in [-0.39, 0.29) is 0 Å². The van der Waals surface area contributed by atoms with Crippen LogP contribution in [0.4, 0.5) is 0 Å². The summed E-state index contributed by atoms with van der Waals surface area (Å²) >= 11 is 0. The van der Waals surface area contributed by atoms with Crippen LogP contribution in [0.3, 0.4) is 0 Å². The summed E-state index contributed by atoms with van der Waals surface area (Å²) in [4.78, 5) is 2.57. The SMILES string of the molecule is OCCCCN(CCCc1ccccc1)CCCc1ccccc1. The van der Waals surface area contributed by atoms with Crippen molar-refractivity contribution >= 4 is 0 Å². The number of aliphatic hydroxyl groups is 1. The third-order valence-corrected chi connectivity index (χ3v) is 4.45. The van der Waals surface area contributed by atoms with E-state index in [1.807, 2.05) is 0 Å². The van der Waals surface area contributed by atoms with E-state index < -0.39 is 0 Å². The van der Waals surface area contributed by atoms with E-state index in [2.05, 4.69) is 65.6 Å². The molecular weight excluding hydrogens is 294 g/mol. The van der Waals surface area contributed by atoms with Gasteiger partial charge in [0.05, 0.1) is 0 Å². The number of hydrogen-bond donors (Lipinski definition) is 1. The number of aliphatic hydroxyl groups excluding tert-OH is 1.